The summed E-state index contributed by atoms with van der Waals surface area (Å²) in [6, 6.07) is 5.94. The second kappa shape index (κ2) is 3.38. The van der Waals surface area contributed by atoms with Crippen molar-refractivity contribution in [2.45, 2.75) is 6.42 Å². The molecule has 2 rings (SSSR count). The highest BCUT2D eigenvalue weighted by molar-refractivity contribution is 9.09. The molecule has 0 amide bonds. The van der Waals surface area contributed by atoms with Gasteiger partial charge >= 0.3 is 5.69 Å². The van der Waals surface area contributed by atoms with E-state index in [1.807, 2.05) is 18.2 Å². The Hall–Kier alpha value is -1.03. The quantitative estimate of drug-likeness (QED) is 0.773. The Bertz CT molecular complexity index is 472. The zero-order valence-electron chi connectivity index (χ0n) is 6.93. The molecule has 0 saturated heterocycles. The number of alkyl halides is 1. The molecule has 0 spiro atoms. The minimum atomic E-state index is -0.147. The zero-order valence-corrected chi connectivity index (χ0v) is 8.52. The maximum atomic E-state index is 10.9. The second-order valence-corrected chi connectivity index (χ2v) is 3.69. The predicted octanol–water partition coefficient (Wildman–Crippen LogP) is 1.79. The number of fused-ring (bicyclic) bond motifs is 1. The number of nitrogens with one attached hydrogen (secondary N) is 2. The third-order valence-electron chi connectivity index (χ3n) is 1.96. The van der Waals surface area contributed by atoms with Crippen molar-refractivity contribution in [1.82, 2.24) is 9.97 Å². The van der Waals surface area contributed by atoms with Crippen LogP contribution in [0.5, 0.6) is 0 Å². The largest absolute Gasteiger partial charge is 0.323 e. The van der Waals surface area contributed by atoms with Crippen LogP contribution in [0.15, 0.2) is 23.0 Å². The van der Waals surface area contributed by atoms with Crippen LogP contribution in [0.2, 0.25) is 0 Å². The topological polar surface area (TPSA) is 48.6 Å². The van der Waals surface area contributed by atoms with Gasteiger partial charge < -0.3 is 9.97 Å². The van der Waals surface area contributed by atoms with E-state index in [-0.39, 0.29) is 5.69 Å². The highest BCUT2D eigenvalue weighted by Crippen LogP contribution is 2.11. The molecule has 13 heavy (non-hydrogen) atoms. The lowest BCUT2D eigenvalue weighted by atomic mass is 10.1. The van der Waals surface area contributed by atoms with Crippen molar-refractivity contribution in [3.05, 3.63) is 34.2 Å². The van der Waals surface area contributed by atoms with Crippen molar-refractivity contribution in [2.75, 3.05) is 5.33 Å². The predicted molar refractivity (Wildman–Crippen MR) is 56.4 cm³/mol. The molecule has 0 radical (unpaired) electrons. The summed E-state index contributed by atoms with van der Waals surface area (Å²) in [4.78, 5) is 16.4. The van der Waals surface area contributed by atoms with Gasteiger partial charge in [0.1, 0.15) is 0 Å². The Balaban J connectivity index is 2.54. The van der Waals surface area contributed by atoms with E-state index in [0.717, 1.165) is 22.8 Å². The van der Waals surface area contributed by atoms with Gasteiger partial charge in [0, 0.05) is 5.33 Å². The summed E-state index contributed by atoms with van der Waals surface area (Å²) in [5.74, 6) is 0. The number of hydrogen-bond acceptors (Lipinski definition) is 1. The Labute approximate surface area is 83.3 Å². The van der Waals surface area contributed by atoms with Crippen LogP contribution in [-0.2, 0) is 6.42 Å². The van der Waals surface area contributed by atoms with Crippen molar-refractivity contribution in [2.24, 2.45) is 0 Å². The van der Waals surface area contributed by atoms with E-state index in [1.165, 1.54) is 5.56 Å². The minimum Gasteiger partial charge on any atom is -0.306 e. The van der Waals surface area contributed by atoms with Gasteiger partial charge in [-0.05, 0) is 24.1 Å². The van der Waals surface area contributed by atoms with E-state index in [0.29, 0.717) is 0 Å². The van der Waals surface area contributed by atoms with Crippen molar-refractivity contribution >= 4 is 27.0 Å². The molecule has 1 aromatic heterocycles. The summed E-state index contributed by atoms with van der Waals surface area (Å²) in [6.45, 7) is 0. The van der Waals surface area contributed by atoms with Crippen LogP contribution in [0, 0.1) is 0 Å². The number of halogens is 1. The number of benzene rings is 1. The average molecular weight is 241 g/mol. The molecule has 2 aromatic rings. The van der Waals surface area contributed by atoms with E-state index < -0.39 is 0 Å². The Morgan fingerprint density at radius 2 is 2.00 bits per heavy atom. The summed E-state index contributed by atoms with van der Waals surface area (Å²) in [7, 11) is 0. The number of aryl methyl sites for hydroxylation is 1. The van der Waals surface area contributed by atoms with Crippen LogP contribution < -0.4 is 5.69 Å². The molecule has 1 heterocycles. The van der Waals surface area contributed by atoms with Gasteiger partial charge in [-0.25, -0.2) is 4.79 Å². The summed E-state index contributed by atoms with van der Waals surface area (Å²) in [6.07, 6.45) is 0.975. The molecule has 1 aromatic carbocycles. The molecule has 0 saturated carbocycles. The van der Waals surface area contributed by atoms with E-state index >= 15 is 0 Å². The van der Waals surface area contributed by atoms with Gasteiger partial charge in [-0.15, -0.1) is 0 Å². The first-order valence-electron chi connectivity index (χ1n) is 4.06. The Morgan fingerprint density at radius 3 is 2.77 bits per heavy atom. The Morgan fingerprint density at radius 1 is 1.23 bits per heavy atom. The van der Waals surface area contributed by atoms with Crippen molar-refractivity contribution < 1.29 is 0 Å². The molecular formula is C9H9BrN2O. The summed E-state index contributed by atoms with van der Waals surface area (Å²) in [5, 5.41) is 0.938. The summed E-state index contributed by atoms with van der Waals surface area (Å²) >= 11 is 3.38. The minimum absolute atomic E-state index is 0.147. The molecule has 2 N–H and O–H groups in total. The SMILES string of the molecule is O=c1[nH]c2ccc(CCBr)cc2[nH]1. The standard InChI is InChI=1S/C9H9BrN2O/c10-4-3-6-1-2-7-8(5-6)12-9(13)11-7/h1-2,5H,3-4H2,(H2,11,12,13). The van der Waals surface area contributed by atoms with Gasteiger partial charge in [0.15, 0.2) is 0 Å². The fourth-order valence-electron chi connectivity index (χ4n) is 1.34. The number of rotatable bonds is 2. The molecular weight excluding hydrogens is 232 g/mol. The normalized spacial score (nSPS) is 10.8. The van der Waals surface area contributed by atoms with Crippen LogP contribution in [0.25, 0.3) is 11.0 Å². The number of aromatic nitrogens is 2. The molecule has 68 valence electrons. The average Bonchev–Trinajstić information content (AvgIpc) is 2.44. The van der Waals surface area contributed by atoms with Crippen molar-refractivity contribution in [1.29, 1.82) is 0 Å². The van der Waals surface area contributed by atoms with E-state index in [9.17, 15) is 4.79 Å². The molecule has 0 aliphatic carbocycles. The lowest BCUT2D eigenvalue weighted by Gasteiger charge is -1.96. The molecule has 0 unspecified atom stereocenters. The van der Waals surface area contributed by atoms with Gasteiger partial charge in [-0.1, -0.05) is 22.0 Å². The van der Waals surface area contributed by atoms with Crippen LogP contribution in [0.3, 0.4) is 0 Å². The van der Waals surface area contributed by atoms with Crippen LogP contribution in [0.1, 0.15) is 5.56 Å². The number of H-pyrrole nitrogens is 2. The lowest BCUT2D eigenvalue weighted by molar-refractivity contribution is 1.17. The summed E-state index contributed by atoms with van der Waals surface area (Å²) in [5.41, 5.74) is 2.82. The third kappa shape index (κ3) is 1.67. The summed E-state index contributed by atoms with van der Waals surface area (Å²) < 4.78 is 0. The fraction of sp³-hybridized carbons (Fsp3) is 0.222. The smallest absolute Gasteiger partial charge is 0.306 e. The van der Waals surface area contributed by atoms with Gasteiger partial charge in [0.05, 0.1) is 11.0 Å². The third-order valence-corrected chi connectivity index (χ3v) is 2.36. The highest BCUT2D eigenvalue weighted by atomic mass is 79.9. The van der Waals surface area contributed by atoms with Gasteiger partial charge in [0.25, 0.3) is 0 Å². The molecule has 0 atom stereocenters. The maximum Gasteiger partial charge on any atom is 0.323 e. The monoisotopic (exact) mass is 240 g/mol. The van der Waals surface area contributed by atoms with E-state index in [2.05, 4.69) is 25.9 Å². The molecule has 0 fully saturated rings. The number of imidazole rings is 1. The van der Waals surface area contributed by atoms with Gasteiger partial charge in [-0.2, -0.15) is 0 Å². The maximum absolute atomic E-state index is 10.9. The highest BCUT2D eigenvalue weighted by Gasteiger charge is 1.98. The molecule has 4 heteroatoms. The second-order valence-electron chi connectivity index (χ2n) is 2.90. The zero-order chi connectivity index (χ0) is 9.26. The van der Waals surface area contributed by atoms with Gasteiger partial charge in [-0.3, -0.25) is 0 Å². The van der Waals surface area contributed by atoms with E-state index in [4.69, 9.17) is 0 Å². The van der Waals surface area contributed by atoms with Crippen LogP contribution in [0.4, 0.5) is 0 Å². The van der Waals surface area contributed by atoms with Crippen LogP contribution >= 0.6 is 15.9 Å². The molecule has 3 nitrogen and oxygen atoms in total. The molecule has 0 bridgehead atoms. The molecule has 0 aliphatic rings. The van der Waals surface area contributed by atoms with Crippen molar-refractivity contribution in [3.63, 3.8) is 0 Å². The van der Waals surface area contributed by atoms with E-state index in [1.54, 1.807) is 0 Å². The Kier molecular flexibility index (Phi) is 2.22. The first-order chi connectivity index (χ1) is 6.29. The van der Waals surface area contributed by atoms with Crippen molar-refractivity contribution in [3.8, 4) is 0 Å². The van der Waals surface area contributed by atoms with Gasteiger partial charge in [0.2, 0.25) is 0 Å². The molecule has 0 aliphatic heterocycles. The first-order valence-corrected chi connectivity index (χ1v) is 5.18. The lowest BCUT2D eigenvalue weighted by Crippen LogP contribution is -1.99. The fourth-order valence-corrected chi connectivity index (χ4v) is 1.80. The first kappa shape index (κ1) is 8.56. The van der Waals surface area contributed by atoms with Crippen LogP contribution in [-0.4, -0.2) is 15.3 Å². The number of aromatic amines is 2. The number of hydrogen-bond donors (Lipinski definition) is 2.